The zero-order chi connectivity index (χ0) is 15.1. The van der Waals surface area contributed by atoms with Gasteiger partial charge in [-0.15, -0.1) is 0 Å². The van der Waals surface area contributed by atoms with Crippen LogP contribution in [0.3, 0.4) is 0 Å². The van der Waals surface area contributed by atoms with Crippen molar-refractivity contribution in [3.8, 4) is 11.5 Å². The summed E-state index contributed by atoms with van der Waals surface area (Å²) in [6.45, 7) is 4.11. The summed E-state index contributed by atoms with van der Waals surface area (Å²) in [5.41, 5.74) is 2.34. The normalized spacial score (nSPS) is 10.4. The number of hydrogen-bond acceptors (Lipinski definition) is 4. The van der Waals surface area contributed by atoms with E-state index in [0.717, 1.165) is 34.6 Å². The largest absolute Gasteiger partial charge is 0.493 e. The van der Waals surface area contributed by atoms with Crippen molar-refractivity contribution >= 4 is 15.9 Å². The first-order valence-corrected chi connectivity index (χ1v) is 7.62. The summed E-state index contributed by atoms with van der Waals surface area (Å²) in [5.74, 6) is 1.51. The summed E-state index contributed by atoms with van der Waals surface area (Å²) < 4.78 is 11.9. The number of methoxy groups -OCH3 is 1. The Morgan fingerprint density at radius 1 is 1.14 bits per heavy atom. The molecule has 21 heavy (non-hydrogen) atoms. The van der Waals surface area contributed by atoms with Gasteiger partial charge in [0, 0.05) is 30.0 Å². The Kier molecular flexibility index (Phi) is 6.02. The van der Waals surface area contributed by atoms with Crippen molar-refractivity contribution in [3.63, 3.8) is 0 Å². The molecule has 2 rings (SSSR count). The fourth-order valence-corrected chi connectivity index (χ4v) is 2.45. The number of halogens is 1. The van der Waals surface area contributed by atoms with Gasteiger partial charge in [-0.3, -0.25) is 4.98 Å². The Hall–Kier alpha value is -1.59. The molecule has 0 amide bonds. The molecule has 4 nitrogen and oxygen atoms in total. The van der Waals surface area contributed by atoms with Gasteiger partial charge in [-0.2, -0.15) is 0 Å². The van der Waals surface area contributed by atoms with Crippen LogP contribution in [0.4, 0.5) is 0 Å². The van der Waals surface area contributed by atoms with E-state index in [1.54, 1.807) is 19.5 Å². The number of rotatable bonds is 7. The van der Waals surface area contributed by atoms with E-state index in [9.17, 15) is 0 Å². The molecule has 1 aromatic carbocycles. The van der Waals surface area contributed by atoms with E-state index < -0.39 is 0 Å². The van der Waals surface area contributed by atoms with Crippen molar-refractivity contribution in [2.45, 2.75) is 20.0 Å². The van der Waals surface area contributed by atoms with Crippen LogP contribution >= 0.6 is 15.9 Å². The maximum absolute atomic E-state index is 5.61. The average molecular weight is 351 g/mol. The molecule has 0 bridgehead atoms. The SMILES string of the molecule is CCOc1cc(CNCc2ccncc2)c(Br)cc1OC. The van der Waals surface area contributed by atoms with Crippen LogP contribution in [0.5, 0.6) is 11.5 Å². The second-order valence-electron chi connectivity index (χ2n) is 4.49. The summed E-state index contributed by atoms with van der Waals surface area (Å²) in [6, 6.07) is 7.95. The van der Waals surface area contributed by atoms with Crippen LogP contribution in [-0.4, -0.2) is 18.7 Å². The van der Waals surface area contributed by atoms with E-state index in [1.165, 1.54) is 5.56 Å². The molecular weight excluding hydrogens is 332 g/mol. The molecular formula is C16H19BrN2O2. The minimum atomic E-state index is 0.613. The van der Waals surface area contributed by atoms with Crippen molar-refractivity contribution in [1.29, 1.82) is 0 Å². The van der Waals surface area contributed by atoms with Crippen LogP contribution in [0.1, 0.15) is 18.1 Å². The highest BCUT2D eigenvalue weighted by Crippen LogP contribution is 2.33. The van der Waals surface area contributed by atoms with Crippen LogP contribution in [0, 0.1) is 0 Å². The van der Waals surface area contributed by atoms with Gasteiger partial charge in [-0.25, -0.2) is 0 Å². The number of nitrogens with zero attached hydrogens (tertiary/aromatic N) is 1. The Balaban J connectivity index is 2.03. The van der Waals surface area contributed by atoms with Gasteiger partial charge >= 0.3 is 0 Å². The zero-order valence-corrected chi connectivity index (χ0v) is 13.8. The summed E-state index contributed by atoms with van der Waals surface area (Å²) in [5, 5.41) is 3.41. The Morgan fingerprint density at radius 3 is 2.57 bits per heavy atom. The first kappa shape index (κ1) is 15.8. The molecule has 1 N–H and O–H groups in total. The zero-order valence-electron chi connectivity index (χ0n) is 12.2. The van der Waals surface area contributed by atoms with Gasteiger partial charge in [-0.05, 0) is 42.3 Å². The minimum Gasteiger partial charge on any atom is -0.493 e. The lowest BCUT2D eigenvalue weighted by atomic mass is 10.2. The van der Waals surface area contributed by atoms with Gasteiger partial charge in [0.1, 0.15) is 0 Å². The topological polar surface area (TPSA) is 43.4 Å². The molecule has 1 aromatic heterocycles. The lowest BCUT2D eigenvalue weighted by Crippen LogP contribution is -2.13. The van der Waals surface area contributed by atoms with Crippen LogP contribution in [0.25, 0.3) is 0 Å². The summed E-state index contributed by atoms with van der Waals surface area (Å²) >= 11 is 3.57. The number of hydrogen-bond donors (Lipinski definition) is 1. The number of aromatic nitrogens is 1. The van der Waals surface area contributed by atoms with Gasteiger partial charge in [0.25, 0.3) is 0 Å². The van der Waals surface area contributed by atoms with E-state index in [1.807, 2.05) is 31.2 Å². The molecule has 0 saturated carbocycles. The molecule has 1 heterocycles. The summed E-state index contributed by atoms with van der Waals surface area (Å²) in [7, 11) is 1.64. The Bertz CT molecular complexity index is 576. The molecule has 0 fully saturated rings. The first-order valence-electron chi connectivity index (χ1n) is 6.83. The molecule has 0 aliphatic heterocycles. The highest BCUT2D eigenvalue weighted by Gasteiger charge is 2.09. The number of pyridine rings is 1. The lowest BCUT2D eigenvalue weighted by Gasteiger charge is -2.13. The van der Waals surface area contributed by atoms with E-state index in [2.05, 4.69) is 26.2 Å². The van der Waals surface area contributed by atoms with Crippen molar-refractivity contribution in [2.24, 2.45) is 0 Å². The van der Waals surface area contributed by atoms with Gasteiger partial charge in [0.15, 0.2) is 11.5 Å². The summed E-state index contributed by atoms with van der Waals surface area (Å²) in [4.78, 5) is 4.01. The number of nitrogens with one attached hydrogen (secondary N) is 1. The molecule has 0 aliphatic rings. The second kappa shape index (κ2) is 8.00. The highest BCUT2D eigenvalue weighted by molar-refractivity contribution is 9.10. The average Bonchev–Trinajstić information content (AvgIpc) is 2.51. The Morgan fingerprint density at radius 2 is 1.90 bits per heavy atom. The quantitative estimate of drug-likeness (QED) is 0.829. The van der Waals surface area contributed by atoms with Crippen molar-refractivity contribution in [1.82, 2.24) is 10.3 Å². The maximum Gasteiger partial charge on any atom is 0.161 e. The summed E-state index contributed by atoms with van der Waals surface area (Å²) in [6.07, 6.45) is 3.60. The van der Waals surface area contributed by atoms with Gasteiger partial charge < -0.3 is 14.8 Å². The molecule has 112 valence electrons. The Labute approximate surface area is 133 Å². The molecule has 5 heteroatoms. The molecule has 0 atom stereocenters. The lowest BCUT2D eigenvalue weighted by molar-refractivity contribution is 0.310. The fourth-order valence-electron chi connectivity index (χ4n) is 1.98. The third-order valence-electron chi connectivity index (χ3n) is 3.03. The van der Waals surface area contributed by atoms with Crippen LogP contribution in [0.2, 0.25) is 0 Å². The van der Waals surface area contributed by atoms with Crippen molar-refractivity contribution < 1.29 is 9.47 Å². The van der Waals surface area contributed by atoms with Crippen LogP contribution < -0.4 is 14.8 Å². The molecule has 0 unspecified atom stereocenters. The van der Waals surface area contributed by atoms with Crippen molar-refractivity contribution in [3.05, 3.63) is 52.3 Å². The molecule has 0 radical (unpaired) electrons. The number of benzene rings is 1. The smallest absolute Gasteiger partial charge is 0.161 e. The van der Waals surface area contributed by atoms with Crippen molar-refractivity contribution in [2.75, 3.05) is 13.7 Å². The standard InChI is InChI=1S/C16H19BrN2O2/c1-3-21-16-8-13(14(17)9-15(16)20-2)11-19-10-12-4-6-18-7-5-12/h4-9,19H,3,10-11H2,1-2H3. The third kappa shape index (κ3) is 4.44. The van der Waals surface area contributed by atoms with Gasteiger partial charge in [0.05, 0.1) is 13.7 Å². The predicted octanol–water partition coefficient (Wildman–Crippen LogP) is 3.54. The van der Waals surface area contributed by atoms with Crippen LogP contribution in [-0.2, 0) is 13.1 Å². The predicted molar refractivity (Wildman–Crippen MR) is 86.6 cm³/mol. The maximum atomic E-state index is 5.61. The molecule has 0 aliphatic carbocycles. The minimum absolute atomic E-state index is 0.613. The van der Waals surface area contributed by atoms with E-state index in [-0.39, 0.29) is 0 Å². The molecule has 2 aromatic rings. The van der Waals surface area contributed by atoms with E-state index >= 15 is 0 Å². The molecule has 0 saturated heterocycles. The van der Waals surface area contributed by atoms with Crippen LogP contribution in [0.15, 0.2) is 41.1 Å². The highest BCUT2D eigenvalue weighted by atomic mass is 79.9. The first-order chi connectivity index (χ1) is 10.2. The second-order valence-corrected chi connectivity index (χ2v) is 5.34. The monoisotopic (exact) mass is 350 g/mol. The molecule has 0 spiro atoms. The van der Waals surface area contributed by atoms with E-state index in [4.69, 9.17) is 9.47 Å². The van der Waals surface area contributed by atoms with Gasteiger partial charge in [0.2, 0.25) is 0 Å². The number of ether oxygens (including phenoxy) is 2. The fraction of sp³-hybridized carbons (Fsp3) is 0.312. The van der Waals surface area contributed by atoms with Gasteiger partial charge in [-0.1, -0.05) is 15.9 Å². The van der Waals surface area contributed by atoms with E-state index in [0.29, 0.717) is 6.61 Å². The third-order valence-corrected chi connectivity index (χ3v) is 3.76.